The first-order valence-corrected chi connectivity index (χ1v) is 7.35. The van der Waals surface area contributed by atoms with Crippen molar-refractivity contribution in [1.82, 2.24) is 5.32 Å². The Labute approximate surface area is 118 Å². The zero-order valence-electron chi connectivity index (χ0n) is 10.6. The summed E-state index contributed by atoms with van der Waals surface area (Å²) >= 11 is 3.57. The summed E-state index contributed by atoms with van der Waals surface area (Å²) in [5.74, 6) is 0.981. The second-order valence-electron chi connectivity index (χ2n) is 4.66. The molecule has 1 N–H and O–H groups in total. The average Bonchev–Trinajstić information content (AvgIpc) is 3.18. The van der Waals surface area contributed by atoms with Gasteiger partial charge >= 0.3 is 0 Å². The first-order chi connectivity index (χ1) is 8.81. The van der Waals surface area contributed by atoms with E-state index in [9.17, 15) is 0 Å². The van der Waals surface area contributed by atoms with Crippen molar-refractivity contribution in [3.8, 4) is 5.75 Å². The molecular formula is C15H20BrNO. The Bertz CT molecular complexity index is 401. The zero-order chi connectivity index (χ0) is 12.8. The van der Waals surface area contributed by atoms with Crippen molar-refractivity contribution in [3.63, 3.8) is 0 Å². The van der Waals surface area contributed by atoms with Gasteiger partial charge < -0.3 is 10.1 Å². The Hall–Kier alpha value is -0.800. The van der Waals surface area contributed by atoms with Crippen LogP contribution < -0.4 is 10.1 Å². The van der Waals surface area contributed by atoms with Crippen molar-refractivity contribution in [3.05, 3.63) is 40.9 Å². The van der Waals surface area contributed by atoms with Crippen LogP contribution in [0.5, 0.6) is 5.75 Å². The number of allylic oxidation sites excluding steroid dienone is 1. The van der Waals surface area contributed by atoms with Gasteiger partial charge in [0.25, 0.3) is 0 Å². The second kappa shape index (κ2) is 6.95. The number of unbranched alkanes of at least 4 members (excludes halogenated alkanes) is 1. The maximum Gasteiger partial charge on any atom is 0.137 e. The van der Waals surface area contributed by atoms with E-state index in [0.29, 0.717) is 0 Å². The monoisotopic (exact) mass is 309 g/mol. The fraction of sp³-hybridized carbons (Fsp3) is 0.467. The third-order valence-corrected chi connectivity index (χ3v) is 3.63. The van der Waals surface area contributed by atoms with Crippen LogP contribution in [0.25, 0.3) is 0 Å². The van der Waals surface area contributed by atoms with Crippen LogP contribution in [0.15, 0.2) is 35.3 Å². The fourth-order valence-electron chi connectivity index (χ4n) is 1.80. The average molecular weight is 310 g/mol. The summed E-state index contributed by atoms with van der Waals surface area (Å²) in [5.41, 5.74) is 1.23. The van der Waals surface area contributed by atoms with Crippen molar-refractivity contribution in [2.75, 3.05) is 6.61 Å². The van der Waals surface area contributed by atoms with E-state index in [2.05, 4.69) is 40.0 Å². The molecule has 18 heavy (non-hydrogen) atoms. The van der Waals surface area contributed by atoms with Gasteiger partial charge in [-0.3, -0.25) is 0 Å². The lowest BCUT2D eigenvalue weighted by molar-refractivity contribution is 0.306. The van der Waals surface area contributed by atoms with Crippen LogP contribution in [0.3, 0.4) is 0 Å². The molecule has 1 fully saturated rings. The van der Waals surface area contributed by atoms with Gasteiger partial charge in [-0.25, -0.2) is 0 Å². The number of ether oxygens (including phenoxy) is 1. The molecule has 0 unspecified atom stereocenters. The molecule has 1 aromatic carbocycles. The molecule has 1 saturated carbocycles. The van der Waals surface area contributed by atoms with Crippen LogP contribution >= 0.6 is 15.9 Å². The largest absolute Gasteiger partial charge is 0.492 e. The van der Waals surface area contributed by atoms with E-state index < -0.39 is 0 Å². The predicted molar refractivity (Wildman–Crippen MR) is 78.9 cm³/mol. The Morgan fingerprint density at radius 1 is 1.44 bits per heavy atom. The first kappa shape index (κ1) is 13.6. The molecule has 1 aromatic rings. The lowest BCUT2D eigenvalue weighted by atomic mass is 10.2. The molecule has 0 bridgehead atoms. The zero-order valence-corrected chi connectivity index (χ0v) is 12.2. The Morgan fingerprint density at radius 2 is 2.28 bits per heavy atom. The Kier molecular flexibility index (Phi) is 5.26. The molecule has 1 aliphatic rings. The minimum atomic E-state index is 0.720. The third kappa shape index (κ3) is 4.14. The molecular weight excluding hydrogens is 290 g/mol. The highest BCUT2D eigenvalue weighted by Crippen LogP contribution is 2.30. The molecule has 0 saturated heterocycles. The maximum absolute atomic E-state index is 5.89. The molecule has 2 rings (SSSR count). The van der Waals surface area contributed by atoms with E-state index in [1.165, 1.54) is 18.4 Å². The van der Waals surface area contributed by atoms with Crippen LogP contribution in [0.4, 0.5) is 0 Å². The highest BCUT2D eigenvalue weighted by Gasteiger charge is 2.20. The van der Waals surface area contributed by atoms with E-state index in [1.54, 1.807) is 0 Å². The van der Waals surface area contributed by atoms with Crippen molar-refractivity contribution < 1.29 is 4.74 Å². The van der Waals surface area contributed by atoms with Crippen LogP contribution in [0, 0.1) is 0 Å². The van der Waals surface area contributed by atoms with Crippen molar-refractivity contribution in [2.45, 2.75) is 38.3 Å². The van der Waals surface area contributed by atoms with Gasteiger partial charge in [-0.2, -0.15) is 0 Å². The molecule has 0 amide bonds. The Balaban J connectivity index is 1.93. The van der Waals surface area contributed by atoms with Crippen molar-refractivity contribution >= 4 is 15.9 Å². The highest BCUT2D eigenvalue weighted by molar-refractivity contribution is 9.10. The van der Waals surface area contributed by atoms with Crippen molar-refractivity contribution in [1.29, 1.82) is 0 Å². The first-order valence-electron chi connectivity index (χ1n) is 6.55. The predicted octanol–water partition coefficient (Wildman–Crippen LogP) is 4.05. The summed E-state index contributed by atoms with van der Waals surface area (Å²) in [6.45, 7) is 5.35. The molecule has 0 aliphatic heterocycles. The molecule has 1 aliphatic carbocycles. The van der Waals surface area contributed by atoms with Gasteiger partial charge in [-0.05, 0) is 47.7 Å². The minimum Gasteiger partial charge on any atom is -0.492 e. The number of rotatable bonds is 8. The number of halogens is 1. The molecule has 0 radical (unpaired) electrons. The normalized spacial score (nSPS) is 14.5. The minimum absolute atomic E-state index is 0.720. The summed E-state index contributed by atoms with van der Waals surface area (Å²) in [4.78, 5) is 0. The SMILES string of the molecule is C=CCCCOc1c(Br)cccc1CNC1CC1. The summed E-state index contributed by atoms with van der Waals surface area (Å²) in [7, 11) is 0. The fourth-order valence-corrected chi connectivity index (χ4v) is 2.32. The number of hydrogen-bond donors (Lipinski definition) is 1. The molecule has 0 atom stereocenters. The standard InChI is InChI=1S/C15H20BrNO/c1-2-3-4-10-18-15-12(6-5-7-14(15)16)11-17-13-8-9-13/h2,5-7,13,17H,1,3-4,8-11H2. The van der Waals surface area contributed by atoms with E-state index in [4.69, 9.17) is 4.74 Å². The van der Waals surface area contributed by atoms with E-state index in [-0.39, 0.29) is 0 Å². The van der Waals surface area contributed by atoms with Gasteiger partial charge in [0.1, 0.15) is 5.75 Å². The maximum atomic E-state index is 5.89. The second-order valence-corrected chi connectivity index (χ2v) is 5.52. The van der Waals surface area contributed by atoms with Crippen LogP contribution in [-0.2, 0) is 6.54 Å². The van der Waals surface area contributed by atoms with Crippen molar-refractivity contribution in [2.24, 2.45) is 0 Å². The summed E-state index contributed by atoms with van der Waals surface area (Å²) in [5, 5.41) is 3.53. The molecule has 98 valence electrons. The topological polar surface area (TPSA) is 21.3 Å². The van der Waals surface area contributed by atoms with E-state index in [1.807, 2.05) is 12.1 Å². The highest BCUT2D eigenvalue weighted by atomic mass is 79.9. The molecule has 0 heterocycles. The number of benzene rings is 1. The van der Waals surface area contributed by atoms with Gasteiger partial charge in [0.05, 0.1) is 11.1 Å². The van der Waals surface area contributed by atoms with Crippen LogP contribution in [0.2, 0.25) is 0 Å². The van der Waals surface area contributed by atoms with Gasteiger partial charge in [-0.1, -0.05) is 18.2 Å². The summed E-state index contributed by atoms with van der Waals surface area (Å²) in [6.07, 6.45) is 6.56. The number of para-hydroxylation sites is 1. The smallest absolute Gasteiger partial charge is 0.137 e. The van der Waals surface area contributed by atoms with Gasteiger partial charge in [0, 0.05) is 18.2 Å². The lowest BCUT2D eigenvalue weighted by Gasteiger charge is -2.13. The van der Waals surface area contributed by atoms with Gasteiger partial charge in [-0.15, -0.1) is 6.58 Å². The number of nitrogens with one attached hydrogen (secondary N) is 1. The summed E-state index contributed by atoms with van der Waals surface area (Å²) < 4.78 is 6.93. The van der Waals surface area contributed by atoms with E-state index >= 15 is 0 Å². The number of hydrogen-bond acceptors (Lipinski definition) is 2. The van der Waals surface area contributed by atoms with Gasteiger partial charge in [0.15, 0.2) is 0 Å². The third-order valence-electron chi connectivity index (χ3n) is 3.01. The lowest BCUT2D eigenvalue weighted by Crippen LogP contribution is -2.16. The van der Waals surface area contributed by atoms with Gasteiger partial charge in [0.2, 0.25) is 0 Å². The van der Waals surface area contributed by atoms with E-state index in [0.717, 1.165) is 42.3 Å². The molecule has 3 heteroatoms. The van der Waals surface area contributed by atoms with Crippen LogP contribution in [0.1, 0.15) is 31.2 Å². The molecule has 0 spiro atoms. The molecule has 0 aromatic heterocycles. The Morgan fingerprint density at radius 3 is 3.00 bits per heavy atom. The summed E-state index contributed by atoms with van der Waals surface area (Å²) in [6, 6.07) is 6.94. The van der Waals surface area contributed by atoms with Crippen LogP contribution in [-0.4, -0.2) is 12.6 Å². The molecule has 2 nitrogen and oxygen atoms in total. The quantitative estimate of drug-likeness (QED) is 0.578.